The number of rotatable bonds is 16. The zero-order valence-corrected chi connectivity index (χ0v) is 30.4. The topological polar surface area (TPSA) is 152 Å². The number of carbonyl (C=O) groups excluding carboxylic acids is 4. The van der Waals surface area contributed by atoms with Crippen LogP contribution in [0.25, 0.3) is 0 Å². The van der Waals surface area contributed by atoms with Crippen LogP contribution in [-0.4, -0.2) is 49.1 Å². The molecule has 0 aliphatic rings. The normalized spacial score (nSPS) is 10.1. The maximum atomic E-state index is 12.9. The lowest BCUT2D eigenvalue weighted by atomic mass is 10.0. The van der Waals surface area contributed by atoms with Gasteiger partial charge in [0.25, 0.3) is 5.91 Å². The third-order valence-corrected chi connectivity index (χ3v) is 5.37. The molecule has 0 aromatic heterocycles. The zero-order valence-electron chi connectivity index (χ0n) is 30.4. The Morgan fingerprint density at radius 3 is 1.89 bits per heavy atom. The molecule has 4 amide bonds. The summed E-state index contributed by atoms with van der Waals surface area (Å²) in [4.78, 5) is 48.4. The fraction of sp³-hybridized carbons (Fsp3) is 0.714. The summed E-state index contributed by atoms with van der Waals surface area (Å²) < 4.78 is 5.31. The molecular formula is C35H67N5O5. The van der Waals surface area contributed by atoms with Crippen LogP contribution >= 0.6 is 0 Å². The summed E-state index contributed by atoms with van der Waals surface area (Å²) in [7, 11) is 0. The quantitative estimate of drug-likeness (QED) is 0.129. The van der Waals surface area contributed by atoms with Crippen LogP contribution in [0.15, 0.2) is 18.2 Å². The minimum absolute atomic E-state index is 0.0374. The highest BCUT2D eigenvalue weighted by molar-refractivity contribution is 5.95. The van der Waals surface area contributed by atoms with Crippen molar-refractivity contribution >= 4 is 23.8 Å². The first-order valence-electron chi connectivity index (χ1n) is 16.9. The number of unbranched alkanes of at least 4 members (excludes halogenated alkanes) is 3. The third kappa shape index (κ3) is 29.3. The molecule has 0 unspecified atom stereocenters. The Labute approximate surface area is 274 Å². The number of nitrogens with two attached hydrogens (primary N) is 1. The second-order valence-corrected chi connectivity index (χ2v) is 11.6. The molecule has 0 aliphatic carbocycles. The Bertz CT molecular complexity index is 927. The first-order chi connectivity index (χ1) is 21.3. The number of amides is 4. The minimum Gasteiger partial charge on any atom is -0.444 e. The Morgan fingerprint density at radius 2 is 1.36 bits per heavy atom. The number of carbonyl (C=O) groups is 4. The molecule has 0 bridgehead atoms. The van der Waals surface area contributed by atoms with Crippen molar-refractivity contribution < 1.29 is 23.9 Å². The smallest absolute Gasteiger partial charge is 0.407 e. The number of hydrogen-bond acceptors (Lipinski definition) is 6. The van der Waals surface area contributed by atoms with E-state index in [1.807, 2.05) is 40.7 Å². The molecule has 10 nitrogen and oxygen atoms in total. The monoisotopic (exact) mass is 638 g/mol. The van der Waals surface area contributed by atoms with Crippen molar-refractivity contribution in [2.75, 3.05) is 19.6 Å². The molecule has 0 fully saturated rings. The van der Waals surface area contributed by atoms with Gasteiger partial charge in [-0.1, -0.05) is 67.5 Å². The maximum absolute atomic E-state index is 12.9. The first kappa shape index (κ1) is 46.3. The van der Waals surface area contributed by atoms with Crippen molar-refractivity contribution in [3.8, 4) is 0 Å². The fourth-order valence-corrected chi connectivity index (χ4v) is 3.40. The van der Waals surface area contributed by atoms with Crippen molar-refractivity contribution in [2.45, 2.75) is 140 Å². The van der Waals surface area contributed by atoms with E-state index in [1.54, 1.807) is 32.9 Å². The molecule has 0 spiro atoms. The summed E-state index contributed by atoms with van der Waals surface area (Å²) in [5.74, 6) is 0.575. The number of benzene rings is 1. The molecule has 0 radical (unpaired) electrons. The van der Waals surface area contributed by atoms with Gasteiger partial charge in [-0.3, -0.25) is 14.4 Å². The minimum atomic E-state index is -0.639. The van der Waals surface area contributed by atoms with Gasteiger partial charge in [-0.15, -0.1) is 0 Å². The maximum Gasteiger partial charge on any atom is 0.407 e. The molecule has 262 valence electrons. The van der Waals surface area contributed by atoms with Crippen LogP contribution in [0.3, 0.4) is 0 Å². The van der Waals surface area contributed by atoms with Crippen molar-refractivity contribution in [1.29, 1.82) is 0 Å². The summed E-state index contributed by atoms with van der Waals surface area (Å²) in [5, 5.41) is 11.3. The highest BCUT2D eigenvalue weighted by Gasteiger charge is 2.18. The zero-order chi connectivity index (χ0) is 35.3. The summed E-state index contributed by atoms with van der Waals surface area (Å²) in [6, 6.07) is 5.31. The van der Waals surface area contributed by atoms with E-state index in [4.69, 9.17) is 10.5 Å². The van der Waals surface area contributed by atoms with Crippen LogP contribution in [0.5, 0.6) is 0 Å². The molecule has 1 aromatic rings. The summed E-state index contributed by atoms with van der Waals surface area (Å²) in [6.45, 7) is 23.8. The molecule has 6 N–H and O–H groups in total. The molecule has 1 aromatic carbocycles. The van der Waals surface area contributed by atoms with E-state index >= 15 is 0 Å². The first-order valence-corrected chi connectivity index (χ1v) is 16.9. The van der Waals surface area contributed by atoms with E-state index < -0.39 is 11.7 Å². The number of nitrogens with one attached hydrogen (secondary N) is 4. The number of ether oxygens (including phenoxy) is 1. The summed E-state index contributed by atoms with van der Waals surface area (Å²) >= 11 is 0. The fourth-order valence-electron chi connectivity index (χ4n) is 3.40. The van der Waals surface area contributed by atoms with Crippen molar-refractivity contribution in [1.82, 2.24) is 21.3 Å². The number of hydrogen-bond donors (Lipinski definition) is 5. The van der Waals surface area contributed by atoms with E-state index in [0.717, 1.165) is 43.6 Å². The Balaban J connectivity index is -0.00000199. The van der Waals surface area contributed by atoms with Gasteiger partial charge in [0.15, 0.2) is 0 Å². The van der Waals surface area contributed by atoms with E-state index in [2.05, 4.69) is 42.0 Å². The molecule has 0 atom stereocenters. The van der Waals surface area contributed by atoms with Crippen LogP contribution < -0.4 is 27.0 Å². The molecule has 10 heteroatoms. The molecule has 0 heterocycles. The third-order valence-electron chi connectivity index (χ3n) is 5.37. The van der Waals surface area contributed by atoms with Gasteiger partial charge in [-0.05, 0) is 82.5 Å². The van der Waals surface area contributed by atoms with Gasteiger partial charge >= 0.3 is 6.09 Å². The molecule has 0 saturated carbocycles. The summed E-state index contributed by atoms with van der Waals surface area (Å²) in [6.07, 6.45) is 4.35. The molecule has 45 heavy (non-hydrogen) atoms. The van der Waals surface area contributed by atoms with E-state index in [9.17, 15) is 19.2 Å². The van der Waals surface area contributed by atoms with Gasteiger partial charge in [-0.2, -0.15) is 0 Å². The van der Waals surface area contributed by atoms with Crippen molar-refractivity contribution in [2.24, 2.45) is 11.7 Å². The average Bonchev–Trinajstić information content (AvgIpc) is 2.99. The SMILES string of the molecule is CC.CC.CC(C)C.CCC(=O)NCCCCCNC(=O)c1ccc(CNC(=O)CCCCN)cc1CNC(=O)OC(C)(C)C. The predicted octanol–water partition coefficient (Wildman–Crippen LogP) is 6.60. The van der Waals surface area contributed by atoms with Crippen LogP contribution in [0, 0.1) is 5.92 Å². The van der Waals surface area contributed by atoms with Gasteiger partial charge in [0, 0.05) is 44.6 Å². The van der Waals surface area contributed by atoms with E-state index in [0.29, 0.717) is 50.1 Å². The Morgan fingerprint density at radius 1 is 0.778 bits per heavy atom. The standard InChI is InChI=1S/C27H45N5O5.C4H10.2C2H6/c1-5-23(33)29-15-9-6-10-16-30-25(35)22-13-12-20(18-31-24(34)11-7-8-14-28)17-21(22)19-32-26(36)37-27(2,3)4;1-4(2)3;2*1-2/h12-13,17H,5-11,14-16,18-19,28H2,1-4H3,(H,29,33)(H,30,35)(H,31,34)(H,32,36);4H,1-3H3;2*1-2H3. The van der Waals surface area contributed by atoms with Crippen molar-refractivity contribution in [3.63, 3.8) is 0 Å². The predicted molar refractivity (Wildman–Crippen MR) is 187 cm³/mol. The largest absolute Gasteiger partial charge is 0.444 e. The van der Waals surface area contributed by atoms with Gasteiger partial charge in [0.05, 0.1) is 0 Å². The molecule has 0 saturated heterocycles. The molecule has 1 rings (SSSR count). The lowest BCUT2D eigenvalue weighted by Gasteiger charge is -2.20. The van der Waals surface area contributed by atoms with Crippen LogP contribution in [0.2, 0.25) is 0 Å². The number of alkyl carbamates (subject to hydrolysis) is 1. The Kier molecular flexibility index (Phi) is 30.4. The highest BCUT2D eigenvalue weighted by atomic mass is 16.6. The van der Waals surface area contributed by atoms with Crippen molar-refractivity contribution in [3.05, 3.63) is 34.9 Å². The lowest BCUT2D eigenvalue weighted by Crippen LogP contribution is -2.33. The second-order valence-electron chi connectivity index (χ2n) is 11.6. The van der Waals surface area contributed by atoms with Gasteiger partial charge in [0.2, 0.25) is 11.8 Å². The van der Waals surface area contributed by atoms with Gasteiger partial charge in [-0.25, -0.2) is 4.79 Å². The second kappa shape index (κ2) is 29.6. The Hall–Kier alpha value is -3.14. The van der Waals surface area contributed by atoms with E-state index in [1.165, 1.54) is 0 Å². The van der Waals surface area contributed by atoms with E-state index in [-0.39, 0.29) is 24.3 Å². The van der Waals surface area contributed by atoms with Crippen LogP contribution in [0.4, 0.5) is 4.79 Å². The van der Waals surface area contributed by atoms with Gasteiger partial charge in [0.1, 0.15) is 5.60 Å². The average molecular weight is 638 g/mol. The van der Waals surface area contributed by atoms with Gasteiger partial charge < -0.3 is 31.7 Å². The van der Waals surface area contributed by atoms with Crippen LogP contribution in [0.1, 0.15) is 143 Å². The highest BCUT2D eigenvalue weighted by Crippen LogP contribution is 2.14. The molecule has 0 aliphatic heterocycles. The summed E-state index contributed by atoms with van der Waals surface area (Å²) in [5.41, 5.74) is 6.73. The van der Waals surface area contributed by atoms with Crippen LogP contribution in [-0.2, 0) is 27.4 Å². The molecular weight excluding hydrogens is 570 g/mol. The lowest BCUT2D eigenvalue weighted by molar-refractivity contribution is -0.121.